The van der Waals surface area contributed by atoms with Gasteiger partial charge in [-0.1, -0.05) is 6.07 Å². The molecule has 2 aromatic heterocycles. The number of pyridine rings is 1. The van der Waals surface area contributed by atoms with Crippen molar-refractivity contribution >= 4 is 0 Å². The van der Waals surface area contributed by atoms with Crippen molar-refractivity contribution in [1.29, 1.82) is 0 Å². The average Bonchev–Trinajstić information content (AvgIpc) is 2.87. The third-order valence-electron chi connectivity index (χ3n) is 2.68. The first-order chi connectivity index (χ1) is 8.74. The van der Waals surface area contributed by atoms with Crippen molar-refractivity contribution in [2.24, 2.45) is 5.73 Å². The normalized spacial score (nSPS) is 12.4. The lowest BCUT2D eigenvalue weighted by Gasteiger charge is -2.12. The molecule has 0 radical (unpaired) electrons. The SMILES string of the molecule is COc1ccc(Cn2cncc2C(N)CO)cn1. The van der Waals surface area contributed by atoms with E-state index in [4.69, 9.17) is 15.6 Å². The number of nitrogens with zero attached hydrogens (tertiary/aromatic N) is 3. The molecule has 2 heterocycles. The molecular formula is C12H16N4O2. The van der Waals surface area contributed by atoms with Crippen LogP contribution in [0.1, 0.15) is 17.3 Å². The predicted molar refractivity (Wildman–Crippen MR) is 66.1 cm³/mol. The molecule has 0 fully saturated rings. The summed E-state index contributed by atoms with van der Waals surface area (Å²) in [7, 11) is 1.58. The van der Waals surface area contributed by atoms with Gasteiger partial charge in [0.1, 0.15) is 0 Å². The van der Waals surface area contributed by atoms with Gasteiger partial charge in [0.15, 0.2) is 0 Å². The summed E-state index contributed by atoms with van der Waals surface area (Å²) in [6, 6.07) is 3.32. The molecule has 0 bridgehead atoms. The Kier molecular flexibility index (Phi) is 3.91. The van der Waals surface area contributed by atoms with Gasteiger partial charge >= 0.3 is 0 Å². The molecule has 1 unspecified atom stereocenters. The predicted octanol–water partition coefficient (Wildman–Crippen LogP) is 0.327. The monoisotopic (exact) mass is 248 g/mol. The molecule has 2 rings (SSSR count). The van der Waals surface area contributed by atoms with Gasteiger partial charge in [-0.05, 0) is 5.56 Å². The maximum absolute atomic E-state index is 9.07. The van der Waals surface area contributed by atoms with Crippen molar-refractivity contribution < 1.29 is 9.84 Å². The van der Waals surface area contributed by atoms with Gasteiger partial charge in [-0.25, -0.2) is 9.97 Å². The van der Waals surface area contributed by atoms with Gasteiger partial charge in [0.05, 0.1) is 38.3 Å². The van der Waals surface area contributed by atoms with E-state index < -0.39 is 6.04 Å². The highest BCUT2D eigenvalue weighted by Gasteiger charge is 2.10. The molecule has 6 heteroatoms. The van der Waals surface area contributed by atoms with Crippen LogP contribution in [0.4, 0.5) is 0 Å². The maximum Gasteiger partial charge on any atom is 0.212 e. The molecule has 96 valence electrons. The molecule has 2 aromatic rings. The van der Waals surface area contributed by atoms with Crippen molar-refractivity contribution in [3.8, 4) is 5.88 Å². The minimum Gasteiger partial charge on any atom is -0.481 e. The molecule has 0 aromatic carbocycles. The molecular weight excluding hydrogens is 232 g/mol. The number of aliphatic hydroxyl groups is 1. The summed E-state index contributed by atoms with van der Waals surface area (Å²) in [6.45, 7) is 0.507. The topological polar surface area (TPSA) is 86.2 Å². The summed E-state index contributed by atoms with van der Waals surface area (Å²) in [5.41, 5.74) is 7.61. The van der Waals surface area contributed by atoms with E-state index in [2.05, 4.69) is 9.97 Å². The third kappa shape index (κ3) is 2.66. The zero-order valence-electron chi connectivity index (χ0n) is 10.2. The van der Waals surface area contributed by atoms with E-state index in [1.54, 1.807) is 31.9 Å². The van der Waals surface area contributed by atoms with Crippen LogP contribution in [-0.2, 0) is 6.54 Å². The molecule has 3 N–H and O–H groups in total. The van der Waals surface area contributed by atoms with Gasteiger partial charge in [-0.2, -0.15) is 0 Å². The average molecular weight is 248 g/mol. The van der Waals surface area contributed by atoms with Crippen LogP contribution in [0.5, 0.6) is 5.88 Å². The summed E-state index contributed by atoms with van der Waals surface area (Å²) in [5, 5.41) is 9.07. The largest absolute Gasteiger partial charge is 0.481 e. The van der Waals surface area contributed by atoms with Gasteiger partial charge < -0.3 is 20.1 Å². The van der Waals surface area contributed by atoms with Crippen molar-refractivity contribution in [2.75, 3.05) is 13.7 Å². The Morgan fingerprint density at radius 2 is 2.28 bits per heavy atom. The van der Waals surface area contributed by atoms with E-state index in [1.807, 2.05) is 10.6 Å². The standard InChI is InChI=1S/C12H16N4O2/c1-18-12-3-2-9(4-15-12)6-16-8-14-5-11(16)10(13)7-17/h2-5,8,10,17H,6-7,13H2,1H3. The number of ether oxygens (including phenoxy) is 1. The van der Waals surface area contributed by atoms with Gasteiger partial charge in [0.25, 0.3) is 0 Å². The Hall–Kier alpha value is -1.92. The number of aromatic nitrogens is 3. The van der Waals surface area contributed by atoms with Crippen molar-refractivity contribution in [2.45, 2.75) is 12.6 Å². The van der Waals surface area contributed by atoms with Crippen LogP contribution in [0, 0.1) is 0 Å². The van der Waals surface area contributed by atoms with Crippen LogP contribution in [0.15, 0.2) is 30.9 Å². The zero-order valence-corrected chi connectivity index (χ0v) is 10.2. The Labute approximate surface area is 105 Å². The van der Waals surface area contributed by atoms with Crippen LogP contribution >= 0.6 is 0 Å². The fraction of sp³-hybridized carbons (Fsp3) is 0.333. The molecule has 6 nitrogen and oxygen atoms in total. The van der Waals surface area contributed by atoms with Crippen molar-refractivity contribution in [3.05, 3.63) is 42.1 Å². The number of hydrogen-bond acceptors (Lipinski definition) is 5. The molecule has 0 saturated heterocycles. The Morgan fingerprint density at radius 3 is 2.89 bits per heavy atom. The lowest BCUT2D eigenvalue weighted by atomic mass is 10.2. The van der Waals surface area contributed by atoms with E-state index in [-0.39, 0.29) is 6.61 Å². The summed E-state index contributed by atoms with van der Waals surface area (Å²) in [5.74, 6) is 0.580. The van der Waals surface area contributed by atoms with Gasteiger partial charge in [-0.15, -0.1) is 0 Å². The molecule has 0 amide bonds. The molecule has 0 spiro atoms. The first kappa shape index (κ1) is 12.5. The molecule has 0 saturated carbocycles. The summed E-state index contributed by atoms with van der Waals surface area (Å²) >= 11 is 0. The second-order valence-electron chi connectivity index (χ2n) is 3.94. The lowest BCUT2D eigenvalue weighted by Crippen LogP contribution is -2.19. The summed E-state index contributed by atoms with van der Waals surface area (Å²) < 4.78 is 6.89. The molecule has 1 atom stereocenters. The van der Waals surface area contributed by atoms with Crippen molar-refractivity contribution in [1.82, 2.24) is 14.5 Å². The second-order valence-corrected chi connectivity index (χ2v) is 3.94. The highest BCUT2D eigenvalue weighted by molar-refractivity contribution is 5.19. The van der Waals surface area contributed by atoms with Crippen LogP contribution < -0.4 is 10.5 Å². The number of hydrogen-bond donors (Lipinski definition) is 2. The van der Waals surface area contributed by atoms with Crippen LogP contribution in [0.2, 0.25) is 0 Å². The third-order valence-corrected chi connectivity index (χ3v) is 2.68. The van der Waals surface area contributed by atoms with Gasteiger partial charge in [0.2, 0.25) is 5.88 Å². The van der Waals surface area contributed by atoms with Crippen LogP contribution in [0.25, 0.3) is 0 Å². The maximum atomic E-state index is 9.07. The fourth-order valence-corrected chi connectivity index (χ4v) is 1.69. The van der Waals surface area contributed by atoms with Crippen LogP contribution in [0.3, 0.4) is 0 Å². The van der Waals surface area contributed by atoms with E-state index >= 15 is 0 Å². The van der Waals surface area contributed by atoms with E-state index in [1.165, 1.54) is 0 Å². The lowest BCUT2D eigenvalue weighted by molar-refractivity contribution is 0.263. The number of rotatable bonds is 5. The highest BCUT2D eigenvalue weighted by Crippen LogP contribution is 2.13. The van der Waals surface area contributed by atoms with Gasteiger partial charge in [0, 0.05) is 18.5 Å². The first-order valence-electron chi connectivity index (χ1n) is 5.60. The van der Waals surface area contributed by atoms with E-state index in [9.17, 15) is 0 Å². The molecule has 18 heavy (non-hydrogen) atoms. The minimum absolute atomic E-state index is 0.105. The smallest absolute Gasteiger partial charge is 0.212 e. The fourth-order valence-electron chi connectivity index (χ4n) is 1.69. The van der Waals surface area contributed by atoms with E-state index in [0.717, 1.165) is 11.3 Å². The first-order valence-corrected chi connectivity index (χ1v) is 5.60. The Balaban J connectivity index is 2.15. The second kappa shape index (κ2) is 5.61. The van der Waals surface area contributed by atoms with Gasteiger partial charge in [-0.3, -0.25) is 0 Å². The van der Waals surface area contributed by atoms with Crippen LogP contribution in [-0.4, -0.2) is 33.4 Å². The Morgan fingerprint density at radius 1 is 1.44 bits per heavy atom. The summed E-state index contributed by atoms with van der Waals surface area (Å²) in [4.78, 5) is 8.18. The molecule has 0 aliphatic heterocycles. The van der Waals surface area contributed by atoms with E-state index in [0.29, 0.717) is 12.4 Å². The number of imidazole rings is 1. The number of methoxy groups -OCH3 is 1. The minimum atomic E-state index is -0.418. The Bertz CT molecular complexity index is 495. The summed E-state index contributed by atoms with van der Waals surface area (Å²) in [6.07, 6.45) is 5.10. The van der Waals surface area contributed by atoms with Crippen molar-refractivity contribution in [3.63, 3.8) is 0 Å². The quantitative estimate of drug-likeness (QED) is 0.796. The molecule has 0 aliphatic carbocycles. The number of aliphatic hydroxyl groups excluding tert-OH is 1. The zero-order chi connectivity index (χ0) is 13.0. The molecule has 0 aliphatic rings. The highest BCUT2D eigenvalue weighted by atomic mass is 16.5. The number of nitrogens with two attached hydrogens (primary N) is 1.